The molecule has 0 aliphatic heterocycles. The standard InChI is InChI=1S/C7H17NO3/c1-4-5-6-7(9,10)8(2)11-3/h9-10H,4-6H2,1-3H3. The SMILES string of the molecule is CCCCC(O)(O)N(C)OC. The monoisotopic (exact) mass is 163 g/mol. The van der Waals surface area contributed by atoms with Gasteiger partial charge in [0.25, 0.3) is 0 Å². The molecule has 0 aromatic heterocycles. The van der Waals surface area contributed by atoms with Crippen LogP contribution in [0.4, 0.5) is 0 Å². The maximum Gasteiger partial charge on any atom is 0.246 e. The van der Waals surface area contributed by atoms with Crippen molar-refractivity contribution in [1.29, 1.82) is 0 Å². The summed E-state index contributed by atoms with van der Waals surface area (Å²) >= 11 is 0. The average molecular weight is 163 g/mol. The number of hydrogen-bond donors (Lipinski definition) is 2. The first-order valence-corrected chi connectivity index (χ1v) is 3.77. The van der Waals surface area contributed by atoms with Crippen molar-refractivity contribution in [3.63, 3.8) is 0 Å². The molecule has 0 aliphatic carbocycles. The van der Waals surface area contributed by atoms with E-state index in [9.17, 15) is 10.2 Å². The third-order valence-electron chi connectivity index (χ3n) is 1.64. The van der Waals surface area contributed by atoms with Crippen LogP contribution in [0.15, 0.2) is 0 Å². The van der Waals surface area contributed by atoms with Crippen molar-refractivity contribution in [2.45, 2.75) is 32.1 Å². The largest absolute Gasteiger partial charge is 0.352 e. The minimum Gasteiger partial charge on any atom is -0.352 e. The summed E-state index contributed by atoms with van der Waals surface area (Å²) in [5.74, 6) is -1.83. The second kappa shape index (κ2) is 4.66. The normalized spacial score (nSPS) is 12.5. The van der Waals surface area contributed by atoms with Crippen LogP contribution < -0.4 is 0 Å². The van der Waals surface area contributed by atoms with Gasteiger partial charge in [-0.2, -0.15) is 0 Å². The van der Waals surface area contributed by atoms with Crippen molar-refractivity contribution in [2.24, 2.45) is 0 Å². The first-order valence-electron chi connectivity index (χ1n) is 3.77. The minimum atomic E-state index is -1.83. The van der Waals surface area contributed by atoms with Gasteiger partial charge in [-0.05, 0) is 6.42 Å². The van der Waals surface area contributed by atoms with Crippen molar-refractivity contribution in [1.82, 2.24) is 5.06 Å². The zero-order valence-electron chi connectivity index (χ0n) is 7.37. The Balaban J connectivity index is 3.77. The molecule has 0 aromatic rings. The number of hydroxylamine groups is 2. The van der Waals surface area contributed by atoms with Crippen molar-refractivity contribution in [3.05, 3.63) is 0 Å². The quantitative estimate of drug-likeness (QED) is 0.452. The predicted octanol–water partition coefficient (Wildman–Crippen LogP) is 0.308. The Morgan fingerprint density at radius 3 is 2.36 bits per heavy atom. The molecule has 0 saturated heterocycles. The summed E-state index contributed by atoms with van der Waals surface area (Å²) in [5, 5.41) is 19.6. The Kier molecular flexibility index (Phi) is 4.60. The second-order valence-electron chi connectivity index (χ2n) is 2.56. The summed E-state index contributed by atoms with van der Waals surface area (Å²) in [6.07, 6.45) is 2.00. The molecule has 2 N–H and O–H groups in total. The number of hydrogen-bond acceptors (Lipinski definition) is 4. The van der Waals surface area contributed by atoms with Crippen LogP contribution in [0, 0.1) is 0 Å². The van der Waals surface area contributed by atoms with Gasteiger partial charge in [0, 0.05) is 13.5 Å². The minimum absolute atomic E-state index is 0.299. The molecule has 4 heteroatoms. The molecule has 0 amide bonds. The van der Waals surface area contributed by atoms with Crippen LogP contribution in [0.3, 0.4) is 0 Å². The lowest BCUT2D eigenvalue weighted by Crippen LogP contribution is -2.45. The van der Waals surface area contributed by atoms with Gasteiger partial charge in [0.2, 0.25) is 5.91 Å². The van der Waals surface area contributed by atoms with E-state index in [1.807, 2.05) is 6.92 Å². The summed E-state index contributed by atoms with van der Waals surface area (Å²) in [5.41, 5.74) is 0. The second-order valence-corrected chi connectivity index (χ2v) is 2.56. The smallest absolute Gasteiger partial charge is 0.246 e. The Hall–Kier alpha value is -0.160. The van der Waals surface area contributed by atoms with Crippen LogP contribution in [0.25, 0.3) is 0 Å². The van der Waals surface area contributed by atoms with Gasteiger partial charge in [0.05, 0.1) is 7.11 Å². The van der Waals surface area contributed by atoms with E-state index in [4.69, 9.17) is 0 Å². The molecular weight excluding hydrogens is 146 g/mol. The Morgan fingerprint density at radius 2 is 2.00 bits per heavy atom. The molecule has 0 radical (unpaired) electrons. The van der Waals surface area contributed by atoms with Gasteiger partial charge in [-0.25, -0.2) is 0 Å². The van der Waals surface area contributed by atoms with Crippen molar-refractivity contribution >= 4 is 0 Å². The summed E-state index contributed by atoms with van der Waals surface area (Å²) < 4.78 is 0. The maximum atomic E-state index is 9.27. The van der Waals surface area contributed by atoms with Crippen molar-refractivity contribution < 1.29 is 15.1 Å². The van der Waals surface area contributed by atoms with E-state index in [1.54, 1.807) is 0 Å². The lowest BCUT2D eigenvalue weighted by atomic mass is 10.2. The van der Waals surface area contributed by atoms with Gasteiger partial charge in [-0.15, -0.1) is 5.06 Å². The third-order valence-corrected chi connectivity index (χ3v) is 1.64. The number of aliphatic hydroxyl groups is 2. The lowest BCUT2D eigenvalue weighted by Gasteiger charge is -2.29. The lowest BCUT2D eigenvalue weighted by molar-refractivity contribution is -0.363. The molecule has 68 valence electrons. The predicted molar refractivity (Wildman–Crippen MR) is 41.5 cm³/mol. The third kappa shape index (κ3) is 3.67. The summed E-state index contributed by atoms with van der Waals surface area (Å²) in [4.78, 5) is 4.65. The van der Waals surface area contributed by atoms with E-state index in [1.165, 1.54) is 14.2 Å². The summed E-state index contributed by atoms with van der Waals surface area (Å²) in [6.45, 7) is 1.99. The van der Waals surface area contributed by atoms with E-state index >= 15 is 0 Å². The van der Waals surface area contributed by atoms with Gasteiger partial charge >= 0.3 is 0 Å². The molecule has 4 nitrogen and oxygen atoms in total. The van der Waals surface area contributed by atoms with Crippen LogP contribution in [-0.4, -0.2) is 35.3 Å². The van der Waals surface area contributed by atoms with E-state index in [0.717, 1.165) is 17.9 Å². The van der Waals surface area contributed by atoms with Gasteiger partial charge in [0.1, 0.15) is 0 Å². The zero-order chi connectivity index (χ0) is 8.91. The summed E-state index contributed by atoms with van der Waals surface area (Å²) in [7, 11) is 2.88. The zero-order valence-corrected chi connectivity index (χ0v) is 7.37. The topological polar surface area (TPSA) is 52.9 Å². The van der Waals surface area contributed by atoms with Crippen molar-refractivity contribution in [3.8, 4) is 0 Å². The highest BCUT2D eigenvalue weighted by molar-refractivity contribution is 4.56. The molecule has 0 atom stereocenters. The highest BCUT2D eigenvalue weighted by atomic mass is 16.7. The fraction of sp³-hybridized carbons (Fsp3) is 1.00. The number of rotatable bonds is 5. The molecular formula is C7H17NO3. The fourth-order valence-corrected chi connectivity index (χ4v) is 0.718. The maximum absolute atomic E-state index is 9.27. The van der Waals surface area contributed by atoms with Crippen LogP contribution in [0.1, 0.15) is 26.2 Å². The van der Waals surface area contributed by atoms with Crippen molar-refractivity contribution in [2.75, 3.05) is 14.2 Å². The molecule has 0 fully saturated rings. The van der Waals surface area contributed by atoms with Crippen LogP contribution in [0.2, 0.25) is 0 Å². The molecule has 0 unspecified atom stereocenters. The first kappa shape index (κ1) is 10.8. The molecule has 0 heterocycles. The molecule has 0 spiro atoms. The highest BCUT2D eigenvalue weighted by Crippen LogP contribution is 2.13. The number of unbranched alkanes of at least 4 members (excludes halogenated alkanes) is 1. The molecule has 0 bridgehead atoms. The van der Waals surface area contributed by atoms with Crippen LogP contribution in [-0.2, 0) is 4.84 Å². The Labute approximate surface area is 67.3 Å². The van der Waals surface area contributed by atoms with Gasteiger partial charge < -0.3 is 10.2 Å². The molecule has 0 aromatic carbocycles. The molecule has 0 rings (SSSR count). The van der Waals surface area contributed by atoms with Crippen LogP contribution >= 0.6 is 0 Å². The van der Waals surface area contributed by atoms with Crippen LogP contribution in [0.5, 0.6) is 0 Å². The average Bonchev–Trinajstić information content (AvgIpc) is 1.99. The highest BCUT2D eigenvalue weighted by Gasteiger charge is 2.27. The van der Waals surface area contributed by atoms with E-state index in [2.05, 4.69) is 4.84 Å². The van der Waals surface area contributed by atoms with Gasteiger partial charge in [-0.1, -0.05) is 13.3 Å². The van der Waals surface area contributed by atoms with E-state index in [-0.39, 0.29) is 0 Å². The van der Waals surface area contributed by atoms with E-state index < -0.39 is 5.91 Å². The van der Waals surface area contributed by atoms with Gasteiger partial charge in [0.15, 0.2) is 0 Å². The Morgan fingerprint density at radius 1 is 1.45 bits per heavy atom. The first-order chi connectivity index (χ1) is 5.04. The Bertz CT molecular complexity index is 106. The molecule has 11 heavy (non-hydrogen) atoms. The van der Waals surface area contributed by atoms with Gasteiger partial charge in [-0.3, -0.25) is 4.84 Å². The summed E-state index contributed by atoms with van der Waals surface area (Å²) in [6, 6.07) is 0. The van der Waals surface area contributed by atoms with E-state index in [0.29, 0.717) is 6.42 Å². The molecule has 0 aliphatic rings. The fourth-order valence-electron chi connectivity index (χ4n) is 0.718. The molecule has 0 saturated carbocycles. The number of nitrogens with zero attached hydrogens (tertiary/aromatic N) is 1.